The molecule has 0 spiro atoms. The van der Waals surface area contributed by atoms with Gasteiger partial charge in [-0.25, -0.2) is 0 Å². The molecule has 1 N–H and O–H groups in total. The van der Waals surface area contributed by atoms with Crippen LogP contribution in [0.2, 0.25) is 0 Å². The summed E-state index contributed by atoms with van der Waals surface area (Å²) >= 11 is 0. The first-order valence-corrected chi connectivity index (χ1v) is 10.5. The first-order valence-electron chi connectivity index (χ1n) is 10.5. The number of amides is 1. The Morgan fingerprint density at radius 1 is 0.938 bits per heavy atom. The summed E-state index contributed by atoms with van der Waals surface area (Å²) in [5, 5.41) is 2.95. The molecule has 2 heterocycles. The van der Waals surface area contributed by atoms with Crippen molar-refractivity contribution in [2.75, 3.05) is 5.32 Å². The number of hydrogen-bond acceptors (Lipinski definition) is 3. The largest absolute Gasteiger partial charge is 0.322 e. The summed E-state index contributed by atoms with van der Waals surface area (Å²) in [6.07, 6.45) is 3.34. The quantitative estimate of drug-likeness (QED) is 0.479. The molecule has 4 rings (SSSR count). The third kappa shape index (κ3) is 3.97. The van der Waals surface area contributed by atoms with Crippen LogP contribution in [-0.4, -0.2) is 15.5 Å². The van der Waals surface area contributed by atoms with Crippen molar-refractivity contribution in [2.24, 2.45) is 0 Å². The molecule has 0 saturated heterocycles. The number of aromatic nitrogens is 2. The number of nitrogens with one attached hydrogen (secondary N) is 1. The molecular formula is C27H25N3O2. The number of pyridine rings is 2. The molecule has 5 nitrogen and oxygen atoms in total. The molecular weight excluding hydrogens is 398 g/mol. The zero-order valence-electron chi connectivity index (χ0n) is 18.6. The molecule has 1 amide bonds. The average Bonchev–Trinajstić information content (AvgIpc) is 2.78. The van der Waals surface area contributed by atoms with Gasteiger partial charge in [0.1, 0.15) is 5.56 Å². The summed E-state index contributed by atoms with van der Waals surface area (Å²) in [6.45, 7) is 7.83. The molecule has 5 heteroatoms. The van der Waals surface area contributed by atoms with Crippen LogP contribution >= 0.6 is 0 Å². The maximum Gasteiger partial charge on any atom is 0.261 e. The zero-order chi connectivity index (χ0) is 22.8. The molecule has 0 aliphatic carbocycles. The van der Waals surface area contributed by atoms with Gasteiger partial charge in [0, 0.05) is 41.1 Å². The predicted octanol–water partition coefficient (Wildman–Crippen LogP) is 5.39. The van der Waals surface area contributed by atoms with Gasteiger partial charge in [-0.15, -0.1) is 0 Å². The summed E-state index contributed by atoms with van der Waals surface area (Å²) in [4.78, 5) is 30.9. The Labute approximate surface area is 187 Å². The highest BCUT2D eigenvalue weighted by atomic mass is 16.2. The number of nitrogens with zero attached hydrogens (tertiary/aromatic N) is 2. The molecule has 4 aromatic rings. The van der Waals surface area contributed by atoms with E-state index in [4.69, 9.17) is 0 Å². The maximum absolute atomic E-state index is 13.5. The third-order valence-electron chi connectivity index (χ3n) is 5.71. The van der Waals surface area contributed by atoms with Gasteiger partial charge in [-0.2, -0.15) is 0 Å². The molecule has 2 aromatic carbocycles. The van der Waals surface area contributed by atoms with Crippen LogP contribution in [0.1, 0.15) is 32.7 Å². The van der Waals surface area contributed by atoms with Gasteiger partial charge in [0.2, 0.25) is 0 Å². The van der Waals surface area contributed by atoms with Crippen molar-refractivity contribution in [2.45, 2.75) is 27.7 Å². The Bertz CT molecular complexity index is 1350. The van der Waals surface area contributed by atoms with Gasteiger partial charge in [0.05, 0.1) is 5.69 Å². The lowest BCUT2D eigenvalue weighted by atomic mass is 10.0. The number of benzene rings is 2. The van der Waals surface area contributed by atoms with Crippen molar-refractivity contribution < 1.29 is 4.79 Å². The van der Waals surface area contributed by atoms with E-state index in [2.05, 4.69) is 10.3 Å². The van der Waals surface area contributed by atoms with Crippen LogP contribution in [0.3, 0.4) is 0 Å². The Hall–Kier alpha value is -3.99. The minimum atomic E-state index is -0.441. The summed E-state index contributed by atoms with van der Waals surface area (Å²) in [6, 6.07) is 18.9. The molecule has 160 valence electrons. The van der Waals surface area contributed by atoms with Crippen molar-refractivity contribution in [1.82, 2.24) is 9.55 Å². The van der Waals surface area contributed by atoms with Crippen LogP contribution in [0.15, 0.2) is 77.9 Å². The lowest BCUT2D eigenvalue weighted by Gasteiger charge is -2.21. The molecule has 0 radical (unpaired) electrons. The SMILES string of the molecule is Cc1ccc(-n2c(C)cc(=O)c(C(=O)Nc3cccc(C)c3C)c2-c2cccnc2)cc1. The fourth-order valence-electron chi connectivity index (χ4n) is 3.82. The van der Waals surface area contributed by atoms with Crippen LogP contribution in [-0.2, 0) is 0 Å². The van der Waals surface area contributed by atoms with E-state index < -0.39 is 5.91 Å². The van der Waals surface area contributed by atoms with Gasteiger partial charge in [-0.05, 0) is 69.2 Å². The molecule has 0 aliphatic heterocycles. The number of rotatable bonds is 4. The van der Waals surface area contributed by atoms with Crippen LogP contribution in [0.5, 0.6) is 0 Å². The fourth-order valence-corrected chi connectivity index (χ4v) is 3.82. The zero-order valence-corrected chi connectivity index (χ0v) is 18.6. The Morgan fingerprint density at radius 2 is 1.69 bits per heavy atom. The Kier molecular flexibility index (Phi) is 5.73. The molecule has 2 aromatic heterocycles. The molecule has 0 unspecified atom stereocenters. The van der Waals surface area contributed by atoms with E-state index in [0.717, 1.165) is 28.1 Å². The minimum Gasteiger partial charge on any atom is -0.322 e. The van der Waals surface area contributed by atoms with Crippen molar-refractivity contribution in [3.05, 3.63) is 111 Å². The second-order valence-electron chi connectivity index (χ2n) is 7.99. The van der Waals surface area contributed by atoms with E-state index in [9.17, 15) is 9.59 Å². The van der Waals surface area contributed by atoms with E-state index >= 15 is 0 Å². The van der Waals surface area contributed by atoms with Crippen LogP contribution in [0.4, 0.5) is 5.69 Å². The van der Waals surface area contributed by atoms with Gasteiger partial charge in [-0.1, -0.05) is 29.8 Å². The van der Waals surface area contributed by atoms with E-state index in [0.29, 0.717) is 16.9 Å². The molecule has 0 bridgehead atoms. The summed E-state index contributed by atoms with van der Waals surface area (Å²) in [5.41, 5.74) is 6.43. The highest BCUT2D eigenvalue weighted by Crippen LogP contribution is 2.28. The van der Waals surface area contributed by atoms with Crippen molar-refractivity contribution in [3.8, 4) is 16.9 Å². The van der Waals surface area contributed by atoms with Gasteiger partial charge in [-0.3, -0.25) is 14.6 Å². The smallest absolute Gasteiger partial charge is 0.261 e. The van der Waals surface area contributed by atoms with Gasteiger partial charge >= 0.3 is 0 Å². The van der Waals surface area contributed by atoms with E-state index in [1.165, 1.54) is 6.07 Å². The number of carbonyl (C=O) groups is 1. The Morgan fingerprint density at radius 3 is 2.38 bits per heavy atom. The topological polar surface area (TPSA) is 64.0 Å². The standard InChI is InChI=1S/C27H25N3O2/c1-17-10-12-22(13-11-17)30-19(3)15-24(31)25(26(30)21-8-6-14-28-16-21)27(32)29-23-9-5-7-18(2)20(23)4/h5-16H,1-4H3,(H,29,32). The lowest BCUT2D eigenvalue weighted by molar-refractivity contribution is 0.102. The predicted molar refractivity (Wildman–Crippen MR) is 129 cm³/mol. The van der Waals surface area contributed by atoms with Crippen molar-refractivity contribution >= 4 is 11.6 Å². The third-order valence-corrected chi connectivity index (χ3v) is 5.71. The average molecular weight is 424 g/mol. The number of carbonyl (C=O) groups excluding carboxylic acids is 1. The molecule has 0 atom stereocenters. The number of anilines is 1. The maximum atomic E-state index is 13.5. The highest BCUT2D eigenvalue weighted by molar-refractivity contribution is 6.08. The monoisotopic (exact) mass is 423 g/mol. The van der Waals surface area contributed by atoms with Crippen LogP contribution < -0.4 is 10.7 Å². The van der Waals surface area contributed by atoms with Crippen molar-refractivity contribution in [1.29, 1.82) is 0 Å². The molecule has 32 heavy (non-hydrogen) atoms. The second-order valence-corrected chi connectivity index (χ2v) is 7.99. The van der Waals surface area contributed by atoms with Crippen molar-refractivity contribution in [3.63, 3.8) is 0 Å². The summed E-state index contributed by atoms with van der Waals surface area (Å²) in [7, 11) is 0. The first-order chi connectivity index (χ1) is 15.4. The van der Waals surface area contributed by atoms with E-state index in [-0.39, 0.29) is 11.0 Å². The normalized spacial score (nSPS) is 10.8. The van der Waals surface area contributed by atoms with E-state index in [1.54, 1.807) is 18.5 Å². The summed E-state index contributed by atoms with van der Waals surface area (Å²) < 4.78 is 1.94. The highest BCUT2D eigenvalue weighted by Gasteiger charge is 2.23. The second kappa shape index (κ2) is 8.63. The lowest BCUT2D eigenvalue weighted by Crippen LogP contribution is -2.26. The van der Waals surface area contributed by atoms with Crippen LogP contribution in [0.25, 0.3) is 16.9 Å². The minimum absolute atomic E-state index is 0.0880. The molecule has 0 saturated carbocycles. The molecule has 0 aliphatic rings. The number of aryl methyl sites for hydroxylation is 3. The number of hydrogen-bond donors (Lipinski definition) is 1. The van der Waals surface area contributed by atoms with E-state index in [1.807, 2.05) is 80.8 Å². The first kappa shape index (κ1) is 21.2. The van der Waals surface area contributed by atoms with Crippen LogP contribution in [0, 0.1) is 27.7 Å². The Balaban J connectivity index is 1.97. The van der Waals surface area contributed by atoms with Gasteiger partial charge in [0.15, 0.2) is 5.43 Å². The van der Waals surface area contributed by atoms with Gasteiger partial charge in [0.25, 0.3) is 5.91 Å². The fraction of sp³-hybridized carbons (Fsp3) is 0.148. The summed E-state index contributed by atoms with van der Waals surface area (Å²) in [5.74, 6) is -0.441. The molecule has 0 fully saturated rings. The van der Waals surface area contributed by atoms with Gasteiger partial charge < -0.3 is 9.88 Å².